The van der Waals surface area contributed by atoms with Crippen molar-refractivity contribution >= 4 is 27.5 Å². The van der Waals surface area contributed by atoms with Crippen molar-refractivity contribution in [1.29, 1.82) is 0 Å². The van der Waals surface area contributed by atoms with Gasteiger partial charge < -0.3 is 9.88 Å². The van der Waals surface area contributed by atoms with E-state index >= 15 is 0 Å². The molecular weight excluding hydrogens is 346 g/mol. The maximum atomic E-state index is 12.2. The molecule has 0 saturated carbocycles. The third-order valence-electron chi connectivity index (χ3n) is 3.64. The number of halogens is 1. The van der Waals surface area contributed by atoms with Gasteiger partial charge in [-0.2, -0.15) is 0 Å². The summed E-state index contributed by atoms with van der Waals surface area (Å²) in [4.78, 5) is 14.1. The number of aromatic nitrogens is 3. The maximum Gasteiger partial charge on any atom is 0.238 e. The van der Waals surface area contributed by atoms with E-state index in [0.29, 0.717) is 0 Å². The maximum absolute atomic E-state index is 12.2. The molecule has 2 rings (SSSR count). The second-order valence-corrected chi connectivity index (χ2v) is 6.31. The van der Waals surface area contributed by atoms with E-state index in [-0.39, 0.29) is 18.5 Å². The van der Waals surface area contributed by atoms with Crippen molar-refractivity contribution in [3.05, 3.63) is 40.4 Å². The van der Waals surface area contributed by atoms with Gasteiger partial charge in [-0.3, -0.25) is 9.69 Å². The molecule has 1 heterocycles. The predicted molar refractivity (Wildman–Crippen MR) is 89.6 cm³/mol. The molecule has 22 heavy (non-hydrogen) atoms. The van der Waals surface area contributed by atoms with Crippen LogP contribution in [0.25, 0.3) is 0 Å². The van der Waals surface area contributed by atoms with Gasteiger partial charge in [0.25, 0.3) is 0 Å². The molecule has 7 heteroatoms. The first-order valence-electron chi connectivity index (χ1n) is 6.98. The molecule has 0 fully saturated rings. The topological polar surface area (TPSA) is 63.1 Å². The lowest BCUT2D eigenvalue weighted by atomic mass is 10.2. The lowest BCUT2D eigenvalue weighted by Crippen LogP contribution is -2.33. The van der Waals surface area contributed by atoms with Gasteiger partial charge in [0.05, 0.1) is 12.6 Å². The summed E-state index contributed by atoms with van der Waals surface area (Å²) in [5, 5.41) is 10.9. The number of aryl methyl sites for hydroxylation is 2. The molecule has 118 valence electrons. The smallest absolute Gasteiger partial charge is 0.238 e. The Morgan fingerprint density at radius 2 is 2.23 bits per heavy atom. The molecule has 6 nitrogen and oxygen atoms in total. The molecule has 1 aromatic heterocycles. The Balaban J connectivity index is 1.98. The molecule has 1 aromatic carbocycles. The quantitative estimate of drug-likeness (QED) is 0.883. The Bertz CT molecular complexity index is 670. The molecular formula is C15H20BrN5O. The molecule has 0 spiro atoms. The van der Waals surface area contributed by atoms with Gasteiger partial charge in [0.2, 0.25) is 5.91 Å². The van der Waals surface area contributed by atoms with Crippen molar-refractivity contribution in [2.75, 3.05) is 18.9 Å². The van der Waals surface area contributed by atoms with Crippen molar-refractivity contribution < 1.29 is 4.79 Å². The fraction of sp³-hybridized carbons (Fsp3) is 0.400. The second kappa shape index (κ2) is 7.02. The zero-order chi connectivity index (χ0) is 16.3. The van der Waals surface area contributed by atoms with E-state index in [4.69, 9.17) is 0 Å². The van der Waals surface area contributed by atoms with Gasteiger partial charge >= 0.3 is 0 Å². The number of carbonyl (C=O) groups is 1. The second-order valence-electron chi connectivity index (χ2n) is 5.40. The van der Waals surface area contributed by atoms with E-state index in [9.17, 15) is 4.79 Å². The third-order valence-corrected chi connectivity index (χ3v) is 4.13. The Kier molecular flexibility index (Phi) is 5.31. The summed E-state index contributed by atoms with van der Waals surface area (Å²) in [6, 6.07) is 5.78. The zero-order valence-corrected chi connectivity index (χ0v) is 14.8. The molecule has 0 aliphatic carbocycles. The van der Waals surface area contributed by atoms with Gasteiger partial charge in [-0.05, 0) is 44.7 Å². The average molecular weight is 366 g/mol. The van der Waals surface area contributed by atoms with E-state index in [2.05, 4.69) is 31.4 Å². The van der Waals surface area contributed by atoms with Gasteiger partial charge in [-0.15, -0.1) is 10.2 Å². The van der Waals surface area contributed by atoms with E-state index in [0.717, 1.165) is 21.5 Å². The zero-order valence-electron chi connectivity index (χ0n) is 13.2. The number of hydrogen-bond acceptors (Lipinski definition) is 4. The van der Waals surface area contributed by atoms with Crippen molar-refractivity contribution in [2.24, 2.45) is 7.05 Å². The molecule has 0 bridgehead atoms. The Morgan fingerprint density at radius 3 is 2.82 bits per heavy atom. The summed E-state index contributed by atoms with van der Waals surface area (Å²) in [7, 11) is 3.79. The van der Waals surface area contributed by atoms with Crippen LogP contribution < -0.4 is 5.32 Å². The lowest BCUT2D eigenvalue weighted by molar-refractivity contribution is -0.117. The molecule has 0 aliphatic rings. The van der Waals surface area contributed by atoms with Gasteiger partial charge in [-0.25, -0.2) is 0 Å². The summed E-state index contributed by atoms with van der Waals surface area (Å²) in [6.07, 6.45) is 1.66. The highest BCUT2D eigenvalue weighted by molar-refractivity contribution is 9.10. The van der Waals surface area contributed by atoms with E-state index in [1.54, 1.807) is 6.33 Å². The summed E-state index contributed by atoms with van der Waals surface area (Å²) >= 11 is 3.41. The normalized spacial score (nSPS) is 12.5. The SMILES string of the molecule is Cc1cc(Br)ccc1NC(=O)CN(C)[C@H](C)c1nncn1C. The first kappa shape index (κ1) is 16.6. The number of anilines is 1. The van der Waals surface area contributed by atoms with Crippen molar-refractivity contribution in [2.45, 2.75) is 19.9 Å². The number of likely N-dealkylation sites (N-methyl/N-ethyl adjacent to an activating group) is 1. The number of benzene rings is 1. The van der Waals surface area contributed by atoms with Crippen LogP contribution in [0.5, 0.6) is 0 Å². The summed E-state index contributed by atoms with van der Waals surface area (Å²) in [5.41, 5.74) is 1.85. The highest BCUT2D eigenvalue weighted by Gasteiger charge is 2.19. The average Bonchev–Trinajstić information content (AvgIpc) is 2.87. The molecule has 1 atom stereocenters. The van der Waals surface area contributed by atoms with Crippen LogP contribution in [0, 0.1) is 6.92 Å². The van der Waals surface area contributed by atoms with Crippen LogP contribution in [0.15, 0.2) is 29.0 Å². The Labute approximate surface area is 138 Å². The molecule has 0 unspecified atom stereocenters. The van der Waals surface area contributed by atoms with Crippen LogP contribution >= 0.6 is 15.9 Å². The minimum atomic E-state index is -0.0538. The standard InChI is InChI=1S/C15H20BrN5O/c1-10-7-12(16)5-6-13(10)18-14(22)8-20(3)11(2)15-19-17-9-21(15)4/h5-7,9,11H,8H2,1-4H3,(H,18,22)/t11-/m1/s1. The van der Waals surface area contributed by atoms with Crippen LogP contribution in [-0.4, -0.2) is 39.2 Å². The van der Waals surface area contributed by atoms with Crippen molar-refractivity contribution in [1.82, 2.24) is 19.7 Å². The van der Waals surface area contributed by atoms with E-state index in [1.165, 1.54) is 0 Å². The molecule has 1 N–H and O–H groups in total. The van der Waals surface area contributed by atoms with Crippen LogP contribution in [0.3, 0.4) is 0 Å². The minimum Gasteiger partial charge on any atom is -0.325 e. The lowest BCUT2D eigenvalue weighted by Gasteiger charge is -2.23. The summed E-state index contributed by atoms with van der Waals surface area (Å²) < 4.78 is 2.86. The first-order chi connectivity index (χ1) is 10.4. The van der Waals surface area contributed by atoms with Gasteiger partial charge in [0.15, 0.2) is 0 Å². The minimum absolute atomic E-state index is 0.00395. The number of nitrogens with one attached hydrogen (secondary N) is 1. The number of nitrogens with zero attached hydrogens (tertiary/aromatic N) is 4. The highest BCUT2D eigenvalue weighted by atomic mass is 79.9. The summed E-state index contributed by atoms with van der Waals surface area (Å²) in [6.45, 7) is 4.25. The van der Waals surface area contributed by atoms with E-state index in [1.807, 2.05) is 55.6 Å². The molecule has 0 radical (unpaired) electrons. The largest absolute Gasteiger partial charge is 0.325 e. The third kappa shape index (κ3) is 3.92. The van der Waals surface area contributed by atoms with Crippen LogP contribution in [0.2, 0.25) is 0 Å². The summed E-state index contributed by atoms with van der Waals surface area (Å²) in [5.74, 6) is 0.775. The van der Waals surface area contributed by atoms with Crippen molar-refractivity contribution in [3.63, 3.8) is 0 Å². The number of rotatable bonds is 5. The molecule has 0 saturated heterocycles. The first-order valence-corrected chi connectivity index (χ1v) is 7.78. The number of carbonyl (C=O) groups excluding carboxylic acids is 1. The Morgan fingerprint density at radius 1 is 1.50 bits per heavy atom. The molecule has 0 aliphatic heterocycles. The number of amides is 1. The van der Waals surface area contributed by atoms with E-state index < -0.39 is 0 Å². The predicted octanol–water partition coefficient (Wildman–Crippen LogP) is 2.52. The van der Waals surface area contributed by atoms with Crippen LogP contribution in [0.1, 0.15) is 24.4 Å². The highest BCUT2D eigenvalue weighted by Crippen LogP contribution is 2.20. The Hall–Kier alpha value is -1.73. The molecule has 1 amide bonds. The molecule has 2 aromatic rings. The number of hydrogen-bond donors (Lipinski definition) is 1. The van der Waals surface area contributed by atoms with Gasteiger partial charge in [0, 0.05) is 17.2 Å². The van der Waals surface area contributed by atoms with Gasteiger partial charge in [-0.1, -0.05) is 15.9 Å². The fourth-order valence-electron chi connectivity index (χ4n) is 2.19. The van der Waals surface area contributed by atoms with Crippen LogP contribution in [-0.2, 0) is 11.8 Å². The van der Waals surface area contributed by atoms with Crippen molar-refractivity contribution in [3.8, 4) is 0 Å². The fourth-order valence-corrected chi connectivity index (χ4v) is 2.66. The van der Waals surface area contributed by atoms with Gasteiger partial charge in [0.1, 0.15) is 12.2 Å². The van der Waals surface area contributed by atoms with Crippen LogP contribution in [0.4, 0.5) is 5.69 Å². The monoisotopic (exact) mass is 365 g/mol.